The lowest BCUT2D eigenvalue weighted by Crippen LogP contribution is -2.14. The number of rotatable bonds is 5. The van der Waals surface area contributed by atoms with Crippen LogP contribution in [0.25, 0.3) is 11.1 Å². The van der Waals surface area contributed by atoms with Crippen molar-refractivity contribution in [3.05, 3.63) is 71.1 Å². The summed E-state index contributed by atoms with van der Waals surface area (Å²) in [4.78, 5) is 20.7. The van der Waals surface area contributed by atoms with E-state index < -0.39 is 0 Å². The normalized spacial score (nSPS) is 13.3. The van der Waals surface area contributed by atoms with Crippen molar-refractivity contribution in [2.75, 3.05) is 5.32 Å². The zero-order valence-electron chi connectivity index (χ0n) is 14.8. The molecule has 6 heteroatoms. The Bertz CT molecular complexity index is 985. The van der Waals surface area contributed by atoms with Crippen molar-refractivity contribution in [1.29, 1.82) is 0 Å². The van der Waals surface area contributed by atoms with E-state index in [-0.39, 0.29) is 5.91 Å². The highest BCUT2D eigenvalue weighted by Crippen LogP contribution is 2.34. The maximum Gasteiger partial charge on any atom is 0.258 e. The molecule has 1 aromatic carbocycles. The summed E-state index contributed by atoms with van der Waals surface area (Å²) in [5.74, 6) is 1.04. The number of carbonyl (C=O) groups is 1. The zero-order chi connectivity index (χ0) is 18.8. The number of hydrogen-bond acceptors (Lipinski definition) is 4. The van der Waals surface area contributed by atoms with E-state index in [2.05, 4.69) is 15.3 Å². The van der Waals surface area contributed by atoms with Crippen LogP contribution in [0.2, 0.25) is 5.02 Å². The van der Waals surface area contributed by atoms with Gasteiger partial charge < -0.3 is 10.1 Å². The standard InChI is InChI=1S/C21H18ClN3O2/c1-13-8-9-23-12-18(13)21(26)25-20-7-2-14(11-24-20)17-10-16(5-6-19(17)22)27-15-3-4-15/h2,5-12,15H,3-4H2,1H3,(H,24,25,26). The summed E-state index contributed by atoms with van der Waals surface area (Å²) < 4.78 is 5.84. The fourth-order valence-electron chi connectivity index (χ4n) is 2.69. The van der Waals surface area contributed by atoms with Gasteiger partial charge in [0, 0.05) is 34.7 Å². The molecule has 0 bridgehead atoms. The number of nitrogens with one attached hydrogen (secondary N) is 1. The average Bonchev–Trinajstić information content (AvgIpc) is 3.48. The third kappa shape index (κ3) is 4.09. The van der Waals surface area contributed by atoms with E-state index >= 15 is 0 Å². The van der Waals surface area contributed by atoms with Gasteiger partial charge in [0.05, 0.1) is 11.7 Å². The second kappa shape index (κ2) is 7.37. The molecule has 3 aromatic rings. The Labute approximate surface area is 162 Å². The van der Waals surface area contributed by atoms with Crippen molar-refractivity contribution in [1.82, 2.24) is 9.97 Å². The predicted octanol–water partition coefficient (Wildman–Crippen LogP) is 4.90. The third-order valence-corrected chi connectivity index (χ3v) is 4.69. The number of hydrogen-bond donors (Lipinski definition) is 1. The van der Waals surface area contributed by atoms with Gasteiger partial charge in [0.15, 0.2) is 0 Å². The molecule has 1 saturated carbocycles. The highest BCUT2D eigenvalue weighted by Gasteiger charge is 2.23. The largest absolute Gasteiger partial charge is 0.490 e. The van der Waals surface area contributed by atoms with Crippen LogP contribution in [-0.2, 0) is 0 Å². The van der Waals surface area contributed by atoms with E-state index in [1.165, 1.54) is 0 Å². The van der Waals surface area contributed by atoms with Gasteiger partial charge in [-0.1, -0.05) is 11.6 Å². The van der Waals surface area contributed by atoms with Crippen LogP contribution in [0.3, 0.4) is 0 Å². The number of aryl methyl sites for hydroxylation is 1. The molecule has 5 nitrogen and oxygen atoms in total. The molecule has 0 spiro atoms. The molecular formula is C21H18ClN3O2. The molecule has 1 fully saturated rings. The average molecular weight is 380 g/mol. The molecule has 0 unspecified atom stereocenters. The highest BCUT2D eigenvalue weighted by atomic mass is 35.5. The molecule has 2 aromatic heterocycles. The molecular weight excluding hydrogens is 362 g/mol. The maximum atomic E-state index is 12.4. The summed E-state index contributed by atoms with van der Waals surface area (Å²) >= 11 is 6.34. The monoisotopic (exact) mass is 379 g/mol. The van der Waals surface area contributed by atoms with E-state index in [1.54, 1.807) is 30.7 Å². The van der Waals surface area contributed by atoms with Gasteiger partial charge in [0.25, 0.3) is 5.91 Å². The molecule has 0 saturated heterocycles. The molecule has 4 rings (SSSR count). The van der Waals surface area contributed by atoms with Gasteiger partial charge in [0.2, 0.25) is 0 Å². The van der Waals surface area contributed by atoms with Crippen LogP contribution in [-0.4, -0.2) is 22.0 Å². The van der Waals surface area contributed by atoms with Crippen molar-refractivity contribution in [2.24, 2.45) is 0 Å². The molecule has 2 heterocycles. The molecule has 0 atom stereocenters. The smallest absolute Gasteiger partial charge is 0.258 e. The summed E-state index contributed by atoms with van der Waals surface area (Å²) in [5.41, 5.74) is 3.09. The predicted molar refractivity (Wildman–Crippen MR) is 105 cm³/mol. The first-order valence-corrected chi connectivity index (χ1v) is 9.12. The fourth-order valence-corrected chi connectivity index (χ4v) is 2.92. The number of ether oxygens (including phenoxy) is 1. The molecule has 1 aliphatic carbocycles. The summed E-state index contributed by atoms with van der Waals surface area (Å²) in [6.45, 7) is 1.87. The lowest BCUT2D eigenvalue weighted by Gasteiger charge is -2.10. The van der Waals surface area contributed by atoms with Gasteiger partial charge in [-0.25, -0.2) is 4.98 Å². The second-order valence-corrected chi connectivity index (χ2v) is 6.94. The maximum absolute atomic E-state index is 12.4. The van der Waals surface area contributed by atoms with E-state index in [9.17, 15) is 4.79 Å². The minimum absolute atomic E-state index is 0.237. The second-order valence-electron chi connectivity index (χ2n) is 6.54. The van der Waals surface area contributed by atoms with Crippen molar-refractivity contribution < 1.29 is 9.53 Å². The Morgan fingerprint density at radius 1 is 1.19 bits per heavy atom. The number of aromatic nitrogens is 2. The minimum atomic E-state index is -0.237. The van der Waals surface area contributed by atoms with Crippen LogP contribution in [0.5, 0.6) is 5.75 Å². The topological polar surface area (TPSA) is 64.1 Å². The van der Waals surface area contributed by atoms with Crippen molar-refractivity contribution in [3.63, 3.8) is 0 Å². The number of benzene rings is 1. The molecule has 0 aliphatic heterocycles. The number of anilines is 1. The van der Waals surface area contributed by atoms with Gasteiger partial charge in [-0.05, 0) is 61.7 Å². The van der Waals surface area contributed by atoms with Crippen LogP contribution >= 0.6 is 11.6 Å². The molecule has 1 aliphatic rings. The number of carbonyl (C=O) groups excluding carboxylic acids is 1. The van der Waals surface area contributed by atoms with Crippen LogP contribution in [0.4, 0.5) is 5.82 Å². The van der Waals surface area contributed by atoms with Crippen molar-refractivity contribution in [2.45, 2.75) is 25.9 Å². The Kier molecular flexibility index (Phi) is 4.77. The molecule has 0 radical (unpaired) electrons. The Balaban J connectivity index is 1.52. The van der Waals surface area contributed by atoms with Gasteiger partial charge >= 0.3 is 0 Å². The van der Waals surface area contributed by atoms with Gasteiger partial charge in [-0.3, -0.25) is 9.78 Å². The van der Waals surface area contributed by atoms with Gasteiger partial charge in [-0.2, -0.15) is 0 Å². The first kappa shape index (κ1) is 17.5. The quantitative estimate of drug-likeness (QED) is 0.684. The Hall–Kier alpha value is -2.92. The van der Waals surface area contributed by atoms with E-state index in [1.807, 2.05) is 31.2 Å². The first-order valence-electron chi connectivity index (χ1n) is 8.75. The minimum Gasteiger partial charge on any atom is -0.490 e. The van der Waals surface area contributed by atoms with Crippen LogP contribution < -0.4 is 10.1 Å². The highest BCUT2D eigenvalue weighted by molar-refractivity contribution is 6.33. The van der Waals surface area contributed by atoms with Crippen LogP contribution in [0.15, 0.2) is 55.0 Å². The Morgan fingerprint density at radius 2 is 2.04 bits per heavy atom. The summed E-state index contributed by atoms with van der Waals surface area (Å²) in [5, 5.41) is 3.42. The lowest BCUT2D eigenvalue weighted by atomic mass is 10.1. The van der Waals surface area contributed by atoms with E-state index in [0.29, 0.717) is 22.5 Å². The first-order chi connectivity index (χ1) is 13.1. The molecule has 1 amide bonds. The lowest BCUT2D eigenvalue weighted by molar-refractivity contribution is 0.102. The van der Waals surface area contributed by atoms with Crippen LogP contribution in [0.1, 0.15) is 28.8 Å². The summed E-state index contributed by atoms with van der Waals surface area (Å²) in [7, 11) is 0. The summed E-state index contributed by atoms with van der Waals surface area (Å²) in [6, 6.07) is 11.1. The fraction of sp³-hybridized carbons (Fsp3) is 0.190. The Morgan fingerprint density at radius 3 is 2.74 bits per heavy atom. The van der Waals surface area contributed by atoms with Crippen molar-refractivity contribution in [3.8, 4) is 16.9 Å². The molecule has 1 N–H and O–H groups in total. The van der Waals surface area contributed by atoms with Gasteiger partial charge in [-0.15, -0.1) is 0 Å². The number of amides is 1. The summed E-state index contributed by atoms with van der Waals surface area (Å²) in [6.07, 6.45) is 7.42. The molecule has 27 heavy (non-hydrogen) atoms. The zero-order valence-corrected chi connectivity index (χ0v) is 15.5. The number of nitrogens with zero attached hydrogens (tertiary/aromatic N) is 2. The van der Waals surface area contributed by atoms with E-state index in [4.69, 9.17) is 16.3 Å². The molecule has 136 valence electrons. The third-order valence-electron chi connectivity index (χ3n) is 4.36. The van der Waals surface area contributed by atoms with E-state index in [0.717, 1.165) is 35.3 Å². The van der Waals surface area contributed by atoms with Crippen LogP contribution in [0, 0.1) is 6.92 Å². The van der Waals surface area contributed by atoms with Gasteiger partial charge in [0.1, 0.15) is 11.6 Å². The number of pyridine rings is 2. The SMILES string of the molecule is Cc1ccncc1C(=O)Nc1ccc(-c2cc(OC3CC3)ccc2Cl)cn1. The number of halogens is 1. The van der Waals surface area contributed by atoms with Crippen molar-refractivity contribution >= 4 is 23.3 Å².